The van der Waals surface area contributed by atoms with Crippen molar-refractivity contribution in [2.24, 2.45) is 11.8 Å². The smallest absolute Gasteiger partial charge is 0.335 e. The van der Waals surface area contributed by atoms with Crippen LogP contribution in [0.25, 0.3) is 0 Å². The fourth-order valence-corrected chi connectivity index (χ4v) is 3.07. The summed E-state index contributed by atoms with van der Waals surface area (Å²) in [6.45, 7) is 0.362. The number of nitrogens with zero attached hydrogens (tertiary/aromatic N) is 2. The van der Waals surface area contributed by atoms with Crippen molar-refractivity contribution in [2.45, 2.75) is 44.9 Å². The number of hydrogen-bond acceptors (Lipinski definition) is 2. The number of anilines is 1. The van der Waals surface area contributed by atoms with Crippen LogP contribution in [0.4, 0.5) is 23.8 Å². The van der Waals surface area contributed by atoms with Crippen LogP contribution >= 0.6 is 0 Å². The highest BCUT2D eigenvalue weighted by Crippen LogP contribution is 2.51. The second kappa shape index (κ2) is 4.92. The van der Waals surface area contributed by atoms with Gasteiger partial charge in [-0.05, 0) is 38.0 Å². The molecule has 1 heterocycles. The molecular formula is C13H17F3N4O. The van der Waals surface area contributed by atoms with Gasteiger partial charge in [0.2, 0.25) is 0 Å². The summed E-state index contributed by atoms with van der Waals surface area (Å²) >= 11 is 0. The molecule has 8 heteroatoms. The van der Waals surface area contributed by atoms with Gasteiger partial charge in [-0.15, -0.1) is 0 Å². The first-order valence-corrected chi connectivity index (χ1v) is 6.99. The van der Waals surface area contributed by atoms with Gasteiger partial charge in [-0.25, -0.2) is 4.79 Å². The van der Waals surface area contributed by atoms with E-state index in [9.17, 15) is 18.0 Å². The highest BCUT2D eigenvalue weighted by Gasteiger charge is 2.46. The third-order valence-corrected chi connectivity index (χ3v) is 4.13. The fraction of sp³-hybridized carbons (Fsp3) is 0.692. The van der Waals surface area contributed by atoms with Crippen LogP contribution in [-0.4, -0.2) is 28.0 Å². The Morgan fingerprint density at radius 3 is 2.67 bits per heavy atom. The van der Waals surface area contributed by atoms with Crippen molar-refractivity contribution in [1.29, 1.82) is 0 Å². The number of hydrogen-bond donors (Lipinski definition) is 2. The summed E-state index contributed by atoms with van der Waals surface area (Å²) in [4.78, 5) is 11.8. The van der Waals surface area contributed by atoms with E-state index in [2.05, 4.69) is 15.7 Å². The lowest BCUT2D eigenvalue weighted by atomic mass is 10.2. The van der Waals surface area contributed by atoms with Crippen molar-refractivity contribution < 1.29 is 18.0 Å². The molecule has 5 nitrogen and oxygen atoms in total. The van der Waals surface area contributed by atoms with Gasteiger partial charge < -0.3 is 5.32 Å². The number of rotatable bonds is 3. The third kappa shape index (κ3) is 3.48. The summed E-state index contributed by atoms with van der Waals surface area (Å²) in [7, 11) is 0. The number of nitrogens with one attached hydrogen (secondary N) is 2. The largest absolute Gasteiger partial charge is 0.408 e. The predicted molar refractivity (Wildman–Crippen MR) is 69.8 cm³/mol. The topological polar surface area (TPSA) is 59.0 Å². The van der Waals surface area contributed by atoms with Crippen LogP contribution in [0.15, 0.2) is 6.07 Å². The van der Waals surface area contributed by atoms with E-state index in [0.29, 0.717) is 5.69 Å². The van der Waals surface area contributed by atoms with Crippen molar-refractivity contribution in [3.8, 4) is 0 Å². The minimum absolute atomic E-state index is 0.136. The number of carbonyl (C=O) groups is 1. The Bertz CT molecular complexity index is 544. The maximum Gasteiger partial charge on any atom is 0.408 e. The van der Waals surface area contributed by atoms with E-state index in [0.717, 1.165) is 29.4 Å². The molecule has 3 rings (SSSR count). The summed E-state index contributed by atoms with van der Waals surface area (Å²) in [6, 6.07) is 1.20. The van der Waals surface area contributed by atoms with E-state index >= 15 is 0 Å². The predicted octanol–water partition coefficient (Wildman–Crippen LogP) is 2.67. The molecule has 2 aliphatic carbocycles. The number of alkyl halides is 3. The maximum atomic E-state index is 12.3. The zero-order valence-corrected chi connectivity index (χ0v) is 11.6. The van der Waals surface area contributed by atoms with Gasteiger partial charge in [-0.1, -0.05) is 0 Å². The molecule has 0 spiro atoms. The van der Waals surface area contributed by atoms with Crippen molar-refractivity contribution in [3.05, 3.63) is 11.8 Å². The third-order valence-electron chi connectivity index (χ3n) is 4.13. The van der Waals surface area contributed by atoms with E-state index in [1.165, 1.54) is 19.4 Å². The van der Waals surface area contributed by atoms with Gasteiger partial charge in [0.1, 0.15) is 6.54 Å². The number of amides is 2. The molecule has 2 saturated carbocycles. The number of fused-ring (bicyclic) bond motifs is 1. The summed E-state index contributed by atoms with van der Waals surface area (Å²) in [6.07, 6.45) is -1.07. The van der Waals surface area contributed by atoms with Crippen molar-refractivity contribution in [3.63, 3.8) is 0 Å². The van der Waals surface area contributed by atoms with E-state index in [4.69, 9.17) is 0 Å². The minimum Gasteiger partial charge on any atom is -0.335 e. The number of aromatic nitrogens is 2. The maximum absolute atomic E-state index is 12.3. The molecule has 2 aliphatic rings. The summed E-state index contributed by atoms with van der Waals surface area (Å²) in [5, 5.41) is 9.10. The second-order valence-corrected chi connectivity index (χ2v) is 5.97. The van der Waals surface area contributed by atoms with Crippen LogP contribution in [0.2, 0.25) is 0 Å². The van der Waals surface area contributed by atoms with Gasteiger partial charge in [0, 0.05) is 17.8 Å². The van der Waals surface area contributed by atoms with Gasteiger partial charge in [0.15, 0.2) is 5.82 Å². The standard InChI is InChI=1S/C13H17F3N4O/c1-7-2-11(19-20(7)6-13(14,15)16)18-12(21)17-10-4-8-3-9(8)5-10/h2,8-10H,3-6H2,1H3,(H2,17,18,19,21). The van der Waals surface area contributed by atoms with E-state index in [1.54, 1.807) is 0 Å². The Morgan fingerprint density at radius 2 is 2.05 bits per heavy atom. The summed E-state index contributed by atoms with van der Waals surface area (Å²) < 4.78 is 37.9. The van der Waals surface area contributed by atoms with Gasteiger partial charge >= 0.3 is 12.2 Å². The average molecular weight is 302 g/mol. The molecular weight excluding hydrogens is 285 g/mol. The molecule has 1 aromatic rings. The summed E-state index contributed by atoms with van der Waals surface area (Å²) in [5.41, 5.74) is 0.352. The van der Waals surface area contributed by atoms with Crippen LogP contribution in [-0.2, 0) is 6.54 Å². The Hall–Kier alpha value is -1.73. The van der Waals surface area contributed by atoms with Crippen LogP contribution in [0.5, 0.6) is 0 Å². The first kappa shape index (κ1) is 14.2. The normalized spacial score (nSPS) is 27.3. The molecule has 2 amide bonds. The van der Waals surface area contributed by atoms with Crippen molar-refractivity contribution in [2.75, 3.05) is 5.32 Å². The fourth-order valence-electron chi connectivity index (χ4n) is 3.07. The van der Waals surface area contributed by atoms with E-state index in [1.807, 2.05) is 0 Å². The second-order valence-electron chi connectivity index (χ2n) is 5.97. The minimum atomic E-state index is -4.33. The molecule has 0 aromatic carbocycles. The highest BCUT2D eigenvalue weighted by atomic mass is 19.4. The van der Waals surface area contributed by atoms with Crippen LogP contribution in [0.1, 0.15) is 25.0 Å². The van der Waals surface area contributed by atoms with E-state index in [-0.39, 0.29) is 11.9 Å². The monoisotopic (exact) mass is 302 g/mol. The molecule has 1 aromatic heterocycles. The first-order chi connectivity index (χ1) is 9.80. The van der Waals surface area contributed by atoms with Crippen LogP contribution in [0.3, 0.4) is 0 Å². The highest BCUT2D eigenvalue weighted by molar-refractivity contribution is 5.88. The molecule has 2 unspecified atom stereocenters. The van der Waals surface area contributed by atoms with Gasteiger partial charge in [0.05, 0.1) is 0 Å². The lowest BCUT2D eigenvalue weighted by Gasteiger charge is -2.13. The molecule has 2 fully saturated rings. The van der Waals surface area contributed by atoms with Crippen molar-refractivity contribution in [1.82, 2.24) is 15.1 Å². The lowest BCUT2D eigenvalue weighted by molar-refractivity contribution is -0.142. The molecule has 0 aliphatic heterocycles. The Morgan fingerprint density at radius 1 is 1.38 bits per heavy atom. The zero-order valence-electron chi connectivity index (χ0n) is 11.6. The Labute approximate surface area is 119 Å². The molecule has 21 heavy (non-hydrogen) atoms. The number of carbonyl (C=O) groups excluding carboxylic acids is 1. The SMILES string of the molecule is Cc1cc(NC(=O)NC2CC3CC3C2)nn1CC(F)(F)F. The average Bonchev–Trinajstić information content (AvgIpc) is 2.79. The molecule has 116 valence electrons. The summed E-state index contributed by atoms with van der Waals surface area (Å²) in [5.74, 6) is 1.64. The molecule has 2 N–H and O–H groups in total. The number of aryl methyl sites for hydroxylation is 1. The van der Waals surface area contributed by atoms with Crippen LogP contribution < -0.4 is 10.6 Å². The van der Waals surface area contributed by atoms with E-state index < -0.39 is 18.8 Å². The lowest BCUT2D eigenvalue weighted by Crippen LogP contribution is -2.37. The van der Waals surface area contributed by atoms with Gasteiger partial charge in [-0.2, -0.15) is 18.3 Å². The molecule has 0 radical (unpaired) electrons. The quantitative estimate of drug-likeness (QED) is 0.902. The molecule has 2 atom stereocenters. The van der Waals surface area contributed by atoms with Crippen molar-refractivity contribution >= 4 is 11.8 Å². The van der Waals surface area contributed by atoms with Gasteiger partial charge in [-0.3, -0.25) is 10.00 Å². The number of halogens is 3. The zero-order chi connectivity index (χ0) is 15.2. The van der Waals surface area contributed by atoms with Gasteiger partial charge in [0.25, 0.3) is 0 Å². The Kier molecular flexibility index (Phi) is 3.33. The first-order valence-electron chi connectivity index (χ1n) is 6.99. The molecule has 0 bridgehead atoms. The molecule has 0 saturated heterocycles. The van der Waals surface area contributed by atoms with Crippen LogP contribution in [0, 0.1) is 18.8 Å². The Balaban J connectivity index is 1.54. The number of urea groups is 1.